The topological polar surface area (TPSA) is 76.2 Å². The number of nitrogens with zero attached hydrogens (tertiary/aromatic N) is 1. The highest BCUT2D eigenvalue weighted by molar-refractivity contribution is 9.10. The average Bonchev–Trinajstić information content (AvgIpc) is 2.45. The van der Waals surface area contributed by atoms with E-state index < -0.39 is 0 Å². The number of halogens is 2. The highest BCUT2D eigenvalue weighted by Crippen LogP contribution is 2.37. The standard InChI is InChI=1S/C12H11BrClN3O3/c1-19-8-4-7(9(20-2)3-6(8)14)17-11-10(13)12(18)16-5-15-11/h3-5H,1-2H3,(H2,15,16,17,18). The summed E-state index contributed by atoms with van der Waals surface area (Å²) >= 11 is 9.19. The molecule has 0 bridgehead atoms. The zero-order valence-electron chi connectivity index (χ0n) is 10.7. The van der Waals surface area contributed by atoms with Crippen LogP contribution in [0.15, 0.2) is 27.7 Å². The van der Waals surface area contributed by atoms with Crippen LogP contribution in [0.1, 0.15) is 0 Å². The minimum absolute atomic E-state index is 0.288. The van der Waals surface area contributed by atoms with Crippen LogP contribution in [0.4, 0.5) is 11.5 Å². The van der Waals surface area contributed by atoms with E-state index in [0.717, 1.165) is 0 Å². The van der Waals surface area contributed by atoms with E-state index in [0.29, 0.717) is 28.0 Å². The second-order valence-electron chi connectivity index (χ2n) is 3.71. The molecular formula is C12H11BrClN3O3. The van der Waals surface area contributed by atoms with Crippen LogP contribution in [0, 0.1) is 0 Å². The van der Waals surface area contributed by atoms with Crippen LogP contribution in [0.2, 0.25) is 5.02 Å². The number of aromatic nitrogens is 2. The number of hydrogen-bond acceptors (Lipinski definition) is 5. The normalized spacial score (nSPS) is 10.2. The molecule has 106 valence electrons. The summed E-state index contributed by atoms with van der Waals surface area (Å²) in [4.78, 5) is 18.0. The molecule has 2 aromatic rings. The lowest BCUT2D eigenvalue weighted by atomic mass is 10.2. The van der Waals surface area contributed by atoms with Crippen LogP contribution in [-0.2, 0) is 0 Å². The lowest BCUT2D eigenvalue weighted by Gasteiger charge is -2.13. The smallest absolute Gasteiger partial charge is 0.267 e. The van der Waals surface area contributed by atoms with Crippen LogP contribution < -0.4 is 20.3 Å². The average molecular weight is 361 g/mol. The Balaban J connectivity index is 2.47. The molecule has 6 nitrogen and oxygen atoms in total. The van der Waals surface area contributed by atoms with Crippen LogP contribution in [0.25, 0.3) is 0 Å². The van der Waals surface area contributed by atoms with Crippen molar-refractivity contribution in [3.05, 3.63) is 38.3 Å². The van der Waals surface area contributed by atoms with Crippen molar-refractivity contribution in [2.45, 2.75) is 0 Å². The van der Waals surface area contributed by atoms with Crippen molar-refractivity contribution < 1.29 is 9.47 Å². The van der Waals surface area contributed by atoms with Crippen molar-refractivity contribution in [1.29, 1.82) is 0 Å². The molecule has 8 heteroatoms. The number of nitrogens with one attached hydrogen (secondary N) is 2. The van der Waals surface area contributed by atoms with Crippen molar-refractivity contribution in [3.8, 4) is 11.5 Å². The van der Waals surface area contributed by atoms with E-state index in [4.69, 9.17) is 21.1 Å². The fourth-order valence-electron chi connectivity index (χ4n) is 1.56. The molecule has 0 amide bonds. The summed E-state index contributed by atoms with van der Waals surface area (Å²) in [5.41, 5.74) is 0.287. The lowest BCUT2D eigenvalue weighted by Crippen LogP contribution is -2.10. The molecular weight excluding hydrogens is 350 g/mol. The van der Waals surface area contributed by atoms with Gasteiger partial charge in [0.05, 0.1) is 31.3 Å². The van der Waals surface area contributed by atoms with Gasteiger partial charge in [0.25, 0.3) is 5.56 Å². The van der Waals surface area contributed by atoms with E-state index in [1.54, 1.807) is 12.1 Å². The molecule has 0 unspecified atom stereocenters. The third-order valence-corrected chi connectivity index (χ3v) is 3.55. The first-order valence-electron chi connectivity index (χ1n) is 5.48. The SMILES string of the molecule is COc1cc(Nc2nc[nH]c(=O)c2Br)c(OC)cc1Cl. The van der Waals surface area contributed by atoms with Gasteiger partial charge in [0.15, 0.2) is 5.82 Å². The fraction of sp³-hybridized carbons (Fsp3) is 0.167. The fourth-order valence-corrected chi connectivity index (χ4v) is 2.10. The molecule has 0 fully saturated rings. The highest BCUT2D eigenvalue weighted by Gasteiger charge is 2.13. The molecule has 1 aromatic heterocycles. The lowest BCUT2D eigenvalue weighted by molar-refractivity contribution is 0.405. The predicted octanol–water partition coefficient (Wildman–Crippen LogP) is 2.95. The summed E-state index contributed by atoms with van der Waals surface area (Å²) in [6.45, 7) is 0. The van der Waals surface area contributed by atoms with E-state index >= 15 is 0 Å². The zero-order valence-corrected chi connectivity index (χ0v) is 13.0. The summed E-state index contributed by atoms with van der Waals surface area (Å²) in [5.74, 6) is 1.34. The monoisotopic (exact) mass is 359 g/mol. The maximum Gasteiger partial charge on any atom is 0.267 e. The van der Waals surface area contributed by atoms with E-state index in [-0.39, 0.29) is 10.0 Å². The Hall–Kier alpha value is -1.73. The van der Waals surface area contributed by atoms with E-state index in [9.17, 15) is 4.79 Å². The number of benzene rings is 1. The predicted molar refractivity (Wildman–Crippen MR) is 80.4 cm³/mol. The van der Waals surface area contributed by atoms with Crippen molar-refractivity contribution >= 4 is 39.0 Å². The summed E-state index contributed by atoms with van der Waals surface area (Å²) in [6, 6.07) is 3.28. The largest absolute Gasteiger partial charge is 0.495 e. The molecule has 0 atom stereocenters. The number of H-pyrrole nitrogens is 1. The molecule has 0 aliphatic carbocycles. The third-order valence-electron chi connectivity index (χ3n) is 2.52. The second-order valence-corrected chi connectivity index (χ2v) is 4.91. The number of ether oxygens (including phenoxy) is 2. The molecule has 0 aliphatic heterocycles. The van der Waals surface area contributed by atoms with Gasteiger partial charge < -0.3 is 19.8 Å². The number of rotatable bonds is 4. The molecule has 1 aromatic carbocycles. The van der Waals surface area contributed by atoms with Gasteiger partial charge in [-0.05, 0) is 15.9 Å². The number of aromatic amines is 1. The maximum atomic E-state index is 11.5. The number of methoxy groups -OCH3 is 2. The number of hydrogen-bond donors (Lipinski definition) is 2. The van der Waals surface area contributed by atoms with Gasteiger partial charge in [0.1, 0.15) is 16.0 Å². The van der Waals surface area contributed by atoms with Crippen molar-refractivity contribution in [1.82, 2.24) is 9.97 Å². The Morgan fingerprint density at radius 1 is 1.30 bits per heavy atom. The quantitative estimate of drug-likeness (QED) is 0.877. The maximum absolute atomic E-state index is 11.5. The first-order valence-corrected chi connectivity index (χ1v) is 6.65. The Labute approximate surface area is 128 Å². The van der Waals surface area contributed by atoms with Gasteiger partial charge in [0.2, 0.25) is 0 Å². The van der Waals surface area contributed by atoms with Crippen LogP contribution in [0.5, 0.6) is 11.5 Å². The van der Waals surface area contributed by atoms with Crippen LogP contribution in [-0.4, -0.2) is 24.2 Å². The molecule has 0 saturated heterocycles. The Bertz CT molecular complexity index is 690. The molecule has 1 heterocycles. The minimum Gasteiger partial charge on any atom is -0.495 e. The molecule has 0 radical (unpaired) electrons. The van der Waals surface area contributed by atoms with Crippen molar-refractivity contribution in [2.24, 2.45) is 0 Å². The van der Waals surface area contributed by atoms with E-state index in [1.807, 2.05) is 0 Å². The second kappa shape index (κ2) is 6.15. The molecule has 2 rings (SSSR count). The van der Waals surface area contributed by atoms with Gasteiger partial charge >= 0.3 is 0 Å². The van der Waals surface area contributed by atoms with Crippen molar-refractivity contribution in [2.75, 3.05) is 19.5 Å². The number of anilines is 2. The Morgan fingerprint density at radius 2 is 2.00 bits per heavy atom. The van der Waals surface area contributed by atoms with Crippen LogP contribution >= 0.6 is 27.5 Å². The van der Waals surface area contributed by atoms with Crippen LogP contribution in [0.3, 0.4) is 0 Å². The Kier molecular flexibility index (Phi) is 4.51. The molecule has 0 spiro atoms. The summed E-state index contributed by atoms with van der Waals surface area (Å²) in [5, 5.41) is 3.42. The summed E-state index contributed by atoms with van der Waals surface area (Å²) in [6.07, 6.45) is 1.30. The first kappa shape index (κ1) is 14.7. The Morgan fingerprint density at radius 3 is 2.65 bits per heavy atom. The first-order chi connectivity index (χ1) is 9.56. The third kappa shape index (κ3) is 2.88. The van der Waals surface area contributed by atoms with E-state index in [1.165, 1.54) is 20.5 Å². The van der Waals surface area contributed by atoms with Gasteiger partial charge in [-0.3, -0.25) is 4.79 Å². The van der Waals surface area contributed by atoms with Gasteiger partial charge in [-0.1, -0.05) is 11.6 Å². The van der Waals surface area contributed by atoms with Gasteiger partial charge in [0, 0.05) is 12.1 Å². The van der Waals surface area contributed by atoms with Gasteiger partial charge in [-0.25, -0.2) is 4.98 Å². The summed E-state index contributed by atoms with van der Waals surface area (Å²) in [7, 11) is 3.03. The van der Waals surface area contributed by atoms with Crippen molar-refractivity contribution in [3.63, 3.8) is 0 Å². The van der Waals surface area contributed by atoms with Gasteiger partial charge in [-0.2, -0.15) is 0 Å². The zero-order chi connectivity index (χ0) is 14.7. The van der Waals surface area contributed by atoms with E-state index in [2.05, 4.69) is 31.2 Å². The summed E-state index contributed by atoms with van der Waals surface area (Å²) < 4.78 is 10.7. The molecule has 20 heavy (non-hydrogen) atoms. The highest BCUT2D eigenvalue weighted by atomic mass is 79.9. The molecule has 0 saturated carbocycles. The van der Waals surface area contributed by atoms with Gasteiger partial charge in [-0.15, -0.1) is 0 Å². The molecule has 0 aliphatic rings. The minimum atomic E-state index is -0.289. The molecule has 2 N–H and O–H groups in total.